The number of hydrogen-bond donors (Lipinski definition) is 3. The lowest BCUT2D eigenvalue weighted by Crippen LogP contribution is -2.02. The van der Waals surface area contributed by atoms with E-state index in [4.69, 9.17) is 15.9 Å². The predicted molar refractivity (Wildman–Crippen MR) is 97.9 cm³/mol. The standard InChI is InChI=1S/C13H12FN.C7H8O4/c14-12-7-5-10(6-8-12)13-4-2-1-3-11(13)9-15;1-2-3-5(7(10)11)4-6(8)9/h1-8H,9,15H2;2,4H,1,3H2,(H,8,9)(H,10,11)/b;5-4+. The van der Waals surface area contributed by atoms with Gasteiger partial charge < -0.3 is 15.9 Å². The summed E-state index contributed by atoms with van der Waals surface area (Å²) in [5.41, 5.74) is 8.61. The van der Waals surface area contributed by atoms with Crippen LogP contribution in [0.1, 0.15) is 12.0 Å². The summed E-state index contributed by atoms with van der Waals surface area (Å²) in [6, 6.07) is 14.3. The molecule has 0 atom stereocenters. The Kier molecular flexibility index (Phi) is 8.46. The van der Waals surface area contributed by atoms with Crippen LogP contribution >= 0.6 is 0 Å². The Balaban J connectivity index is 0.000000276. The van der Waals surface area contributed by atoms with Crippen molar-refractivity contribution in [1.82, 2.24) is 0 Å². The molecule has 2 aromatic rings. The fraction of sp³-hybridized carbons (Fsp3) is 0.100. The Hall–Kier alpha value is -3.25. The van der Waals surface area contributed by atoms with Gasteiger partial charge in [0.25, 0.3) is 0 Å². The lowest BCUT2D eigenvalue weighted by Gasteiger charge is -2.07. The molecule has 0 fully saturated rings. The molecule has 0 aliphatic rings. The molecule has 136 valence electrons. The molecule has 0 radical (unpaired) electrons. The lowest BCUT2D eigenvalue weighted by atomic mass is 10.00. The molecule has 0 saturated carbocycles. The number of nitrogens with two attached hydrogens (primary N) is 1. The van der Waals surface area contributed by atoms with Crippen LogP contribution in [0.3, 0.4) is 0 Å². The van der Waals surface area contributed by atoms with Crippen LogP contribution in [0.25, 0.3) is 11.1 Å². The highest BCUT2D eigenvalue weighted by atomic mass is 19.1. The topological polar surface area (TPSA) is 101 Å². The van der Waals surface area contributed by atoms with E-state index in [1.54, 1.807) is 12.1 Å². The fourth-order valence-electron chi connectivity index (χ4n) is 2.12. The number of benzene rings is 2. The Labute approximate surface area is 150 Å². The van der Waals surface area contributed by atoms with Crippen molar-refractivity contribution >= 4 is 11.9 Å². The molecular formula is C20H20FNO4. The number of halogens is 1. The van der Waals surface area contributed by atoms with E-state index >= 15 is 0 Å². The van der Waals surface area contributed by atoms with Crippen molar-refractivity contribution in [2.75, 3.05) is 0 Å². The van der Waals surface area contributed by atoms with E-state index in [0.717, 1.165) is 16.7 Å². The minimum atomic E-state index is -1.26. The van der Waals surface area contributed by atoms with Crippen LogP contribution in [0.2, 0.25) is 0 Å². The summed E-state index contributed by atoms with van der Waals surface area (Å²) in [5, 5.41) is 16.6. The predicted octanol–water partition coefficient (Wildman–Crippen LogP) is 3.61. The second-order valence-corrected chi connectivity index (χ2v) is 5.17. The van der Waals surface area contributed by atoms with E-state index < -0.39 is 11.9 Å². The van der Waals surface area contributed by atoms with Crippen LogP contribution in [0.15, 0.2) is 72.8 Å². The van der Waals surface area contributed by atoms with Gasteiger partial charge in [0.05, 0.1) is 0 Å². The largest absolute Gasteiger partial charge is 0.478 e. The van der Waals surface area contributed by atoms with Crippen LogP contribution in [0.4, 0.5) is 4.39 Å². The third-order valence-corrected chi connectivity index (χ3v) is 3.33. The minimum Gasteiger partial charge on any atom is -0.478 e. The molecule has 0 amide bonds. The lowest BCUT2D eigenvalue weighted by molar-refractivity contribution is -0.135. The average molecular weight is 357 g/mol. The SMILES string of the molecule is C=CC/C(=C\C(=O)O)C(=O)O.NCc1ccccc1-c1ccc(F)cc1. The minimum absolute atomic E-state index is 0.0572. The van der Waals surface area contributed by atoms with Crippen molar-refractivity contribution in [2.24, 2.45) is 5.73 Å². The summed E-state index contributed by atoms with van der Waals surface area (Å²) >= 11 is 0. The molecule has 0 unspecified atom stereocenters. The fourth-order valence-corrected chi connectivity index (χ4v) is 2.12. The summed E-state index contributed by atoms with van der Waals surface area (Å²) in [7, 11) is 0. The average Bonchev–Trinajstić information content (AvgIpc) is 2.62. The number of carboxylic acid groups (broad SMARTS) is 2. The molecule has 0 aliphatic carbocycles. The second-order valence-electron chi connectivity index (χ2n) is 5.17. The second kappa shape index (κ2) is 10.6. The molecular weight excluding hydrogens is 337 g/mol. The summed E-state index contributed by atoms with van der Waals surface area (Å²) in [6.07, 6.45) is 2.05. The van der Waals surface area contributed by atoms with Gasteiger partial charge >= 0.3 is 11.9 Å². The van der Waals surface area contributed by atoms with Crippen molar-refractivity contribution in [3.8, 4) is 11.1 Å². The molecule has 0 heterocycles. The van der Waals surface area contributed by atoms with Crippen LogP contribution in [-0.4, -0.2) is 22.2 Å². The molecule has 0 spiro atoms. The number of hydrogen-bond acceptors (Lipinski definition) is 3. The number of aliphatic carboxylic acids is 2. The van der Waals surface area contributed by atoms with Gasteiger partial charge in [-0.25, -0.2) is 14.0 Å². The quantitative estimate of drug-likeness (QED) is 0.542. The maximum atomic E-state index is 12.8. The first-order chi connectivity index (χ1) is 12.4. The summed E-state index contributed by atoms with van der Waals surface area (Å²) in [6.45, 7) is 3.79. The highest BCUT2D eigenvalue weighted by molar-refractivity contribution is 5.94. The monoisotopic (exact) mass is 357 g/mol. The zero-order chi connectivity index (χ0) is 19.5. The van der Waals surface area contributed by atoms with Gasteiger partial charge in [-0.3, -0.25) is 0 Å². The van der Waals surface area contributed by atoms with Crippen molar-refractivity contribution in [3.05, 3.63) is 84.2 Å². The van der Waals surface area contributed by atoms with E-state index in [1.165, 1.54) is 18.2 Å². The van der Waals surface area contributed by atoms with E-state index in [9.17, 15) is 14.0 Å². The van der Waals surface area contributed by atoms with Crippen molar-refractivity contribution in [1.29, 1.82) is 0 Å². The summed E-state index contributed by atoms with van der Waals surface area (Å²) in [5.74, 6) is -2.71. The van der Waals surface area contributed by atoms with Gasteiger partial charge in [0.15, 0.2) is 0 Å². The number of carbonyl (C=O) groups is 2. The molecule has 6 heteroatoms. The van der Waals surface area contributed by atoms with Gasteiger partial charge in [0.1, 0.15) is 5.82 Å². The van der Waals surface area contributed by atoms with Crippen molar-refractivity contribution < 1.29 is 24.2 Å². The van der Waals surface area contributed by atoms with E-state index in [1.807, 2.05) is 24.3 Å². The van der Waals surface area contributed by atoms with Crippen LogP contribution in [0.5, 0.6) is 0 Å². The first kappa shape index (κ1) is 20.8. The third kappa shape index (κ3) is 6.70. The van der Waals surface area contributed by atoms with Gasteiger partial charge in [-0.2, -0.15) is 0 Å². The first-order valence-electron chi connectivity index (χ1n) is 7.70. The molecule has 0 aromatic heterocycles. The molecule has 5 nitrogen and oxygen atoms in total. The van der Waals surface area contributed by atoms with Crippen LogP contribution in [-0.2, 0) is 16.1 Å². The number of rotatable bonds is 6. The molecule has 4 N–H and O–H groups in total. The Morgan fingerprint density at radius 2 is 1.69 bits per heavy atom. The van der Waals surface area contributed by atoms with E-state index in [2.05, 4.69) is 6.58 Å². The third-order valence-electron chi connectivity index (χ3n) is 3.33. The van der Waals surface area contributed by atoms with Crippen LogP contribution in [0, 0.1) is 5.82 Å². The molecule has 2 aromatic carbocycles. The maximum Gasteiger partial charge on any atom is 0.332 e. The van der Waals surface area contributed by atoms with Gasteiger partial charge in [0, 0.05) is 18.2 Å². The summed E-state index contributed by atoms with van der Waals surface area (Å²) in [4.78, 5) is 20.3. The van der Waals surface area contributed by atoms with Crippen molar-refractivity contribution in [3.63, 3.8) is 0 Å². The smallest absolute Gasteiger partial charge is 0.332 e. The molecule has 26 heavy (non-hydrogen) atoms. The molecule has 0 aliphatic heterocycles. The molecule has 0 bridgehead atoms. The summed E-state index contributed by atoms with van der Waals surface area (Å²) < 4.78 is 12.8. The van der Waals surface area contributed by atoms with Crippen LogP contribution < -0.4 is 5.73 Å². The van der Waals surface area contributed by atoms with E-state index in [0.29, 0.717) is 12.6 Å². The normalized spacial score (nSPS) is 10.5. The highest BCUT2D eigenvalue weighted by Crippen LogP contribution is 2.23. The molecule has 0 saturated heterocycles. The Morgan fingerprint density at radius 3 is 2.19 bits per heavy atom. The van der Waals surface area contributed by atoms with Crippen molar-refractivity contribution in [2.45, 2.75) is 13.0 Å². The Bertz CT molecular complexity index is 798. The van der Waals surface area contributed by atoms with E-state index in [-0.39, 0.29) is 17.8 Å². The van der Waals surface area contributed by atoms with Gasteiger partial charge in [-0.15, -0.1) is 6.58 Å². The zero-order valence-corrected chi connectivity index (χ0v) is 14.1. The first-order valence-corrected chi connectivity index (χ1v) is 7.70. The highest BCUT2D eigenvalue weighted by Gasteiger charge is 2.06. The van der Waals surface area contributed by atoms with Gasteiger partial charge in [-0.05, 0) is 35.2 Å². The number of carboxylic acids is 2. The van der Waals surface area contributed by atoms with Gasteiger partial charge in [-0.1, -0.05) is 42.5 Å². The number of allylic oxidation sites excluding steroid dienone is 1. The Morgan fingerprint density at radius 1 is 1.08 bits per heavy atom. The zero-order valence-electron chi connectivity index (χ0n) is 14.1. The maximum absolute atomic E-state index is 12.8. The molecule has 2 rings (SSSR count). The van der Waals surface area contributed by atoms with Gasteiger partial charge in [0.2, 0.25) is 0 Å².